The van der Waals surface area contributed by atoms with Crippen molar-refractivity contribution in [2.24, 2.45) is 5.84 Å². The van der Waals surface area contributed by atoms with Crippen molar-refractivity contribution in [2.75, 3.05) is 5.43 Å². The molecule has 3 N–H and O–H groups in total. The van der Waals surface area contributed by atoms with Crippen LogP contribution in [0.25, 0.3) is 0 Å². The molecule has 2 nitrogen and oxygen atoms in total. The van der Waals surface area contributed by atoms with E-state index in [0.29, 0.717) is 0 Å². The number of hydrogen-bond donors (Lipinski definition) is 2. The van der Waals surface area contributed by atoms with Crippen LogP contribution in [0.5, 0.6) is 0 Å². The fourth-order valence-electron chi connectivity index (χ4n) is 2.27. The number of nitrogens with two attached hydrogens (primary N) is 1. The van der Waals surface area contributed by atoms with E-state index >= 15 is 0 Å². The first kappa shape index (κ1) is 9.53. The molecule has 0 saturated heterocycles. The van der Waals surface area contributed by atoms with Crippen molar-refractivity contribution >= 4 is 5.69 Å². The van der Waals surface area contributed by atoms with Gasteiger partial charge in [0.25, 0.3) is 0 Å². The molecule has 0 aliphatic heterocycles. The number of aryl methyl sites for hydroxylation is 1. The average Bonchev–Trinajstić information content (AvgIpc) is 2.18. The maximum Gasteiger partial charge on any atom is 0.0519 e. The highest BCUT2D eigenvalue weighted by molar-refractivity contribution is 5.54. The highest BCUT2D eigenvalue weighted by Crippen LogP contribution is 2.25. The minimum absolute atomic E-state index is 1.12. The summed E-state index contributed by atoms with van der Waals surface area (Å²) in [6, 6.07) is 6.40. The van der Waals surface area contributed by atoms with Crippen molar-refractivity contribution in [3.8, 4) is 0 Å². The standard InChI is InChI=1S/C12H18N2/c13-14-12-9-5-7-10-6-3-1-2-4-8-11(10)12/h5,7,9,14H,1-4,6,8,13H2. The van der Waals surface area contributed by atoms with Crippen molar-refractivity contribution in [1.29, 1.82) is 0 Å². The second kappa shape index (κ2) is 4.47. The highest BCUT2D eigenvalue weighted by Gasteiger charge is 2.09. The summed E-state index contributed by atoms with van der Waals surface area (Å²) in [5.41, 5.74) is 6.84. The van der Waals surface area contributed by atoms with Gasteiger partial charge in [0.1, 0.15) is 0 Å². The van der Waals surface area contributed by atoms with Gasteiger partial charge in [0, 0.05) is 0 Å². The number of hydrazine groups is 1. The first-order chi connectivity index (χ1) is 6.92. The Morgan fingerprint density at radius 2 is 1.79 bits per heavy atom. The molecule has 0 amide bonds. The third kappa shape index (κ3) is 1.90. The predicted octanol–water partition coefficient (Wildman–Crippen LogP) is 2.63. The molecule has 2 heteroatoms. The largest absolute Gasteiger partial charge is 0.324 e. The van der Waals surface area contributed by atoms with Crippen LogP contribution in [0.1, 0.15) is 36.8 Å². The van der Waals surface area contributed by atoms with Gasteiger partial charge in [-0.25, -0.2) is 0 Å². The van der Waals surface area contributed by atoms with Gasteiger partial charge in [-0.05, 0) is 42.9 Å². The van der Waals surface area contributed by atoms with Crippen LogP contribution in [-0.2, 0) is 12.8 Å². The lowest BCUT2D eigenvalue weighted by atomic mass is 9.92. The molecule has 2 rings (SSSR count). The normalized spacial score (nSPS) is 16.6. The number of nitrogens with one attached hydrogen (secondary N) is 1. The molecule has 1 aromatic rings. The average molecular weight is 190 g/mol. The lowest BCUT2D eigenvalue weighted by Gasteiger charge is -2.16. The van der Waals surface area contributed by atoms with Crippen LogP contribution in [0.4, 0.5) is 5.69 Å². The molecule has 1 aliphatic rings. The van der Waals surface area contributed by atoms with Gasteiger partial charge in [0.2, 0.25) is 0 Å². The molecule has 0 saturated carbocycles. The third-order valence-electron chi connectivity index (χ3n) is 3.05. The SMILES string of the molecule is NNc1cccc2c1CCCCCC2. The molecular weight excluding hydrogens is 172 g/mol. The summed E-state index contributed by atoms with van der Waals surface area (Å²) in [7, 11) is 0. The van der Waals surface area contributed by atoms with Crippen molar-refractivity contribution in [1.82, 2.24) is 0 Å². The van der Waals surface area contributed by atoms with Crippen molar-refractivity contribution in [2.45, 2.75) is 38.5 Å². The van der Waals surface area contributed by atoms with E-state index in [-0.39, 0.29) is 0 Å². The first-order valence-electron chi connectivity index (χ1n) is 5.49. The van der Waals surface area contributed by atoms with E-state index in [1.54, 1.807) is 0 Å². The Kier molecular flexibility index (Phi) is 3.04. The lowest BCUT2D eigenvalue weighted by molar-refractivity contribution is 0.617. The van der Waals surface area contributed by atoms with Gasteiger partial charge < -0.3 is 5.43 Å². The molecule has 0 heterocycles. The zero-order valence-electron chi connectivity index (χ0n) is 8.55. The molecule has 0 atom stereocenters. The van der Waals surface area contributed by atoms with Crippen LogP contribution >= 0.6 is 0 Å². The van der Waals surface area contributed by atoms with Gasteiger partial charge >= 0.3 is 0 Å². The number of benzene rings is 1. The molecule has 0 unspecified atom stereocenters. The third-order valence-corrected chi connectivity index (χ3v) is 3.05. The molecule has 0 bridgehead atoms. The van der Waals surface area contributed by atoms with Gasteiger partial charge in [-0.3, -0.25) is 5.84 Å². The second-order valence-electron chi connectivity index (χ2n) is 4.00. The fourth-order valence-corrected chi connectivity index (χ4v) is 2.27. The molecule has 76 valence electrons. The molecule has 0 fully saturated rings. The molecule has 14 heavy (non-hydrogen) atoms. The van der Waals surface area contributed by atoms with Gasteiger partial charge in [-0.15, -0.1) is 0 Å². The maximum absolute atomic E-state index is 5.51. The van der Waals surface area contributed by atoms with E-state index < -0.39 is 0 Å². The number of rotatable bonds is 1. The maximum atomic E-state index is 5.51. The molecule has 0 spiro atoms. The van der Waals surface area contributed by atoms with Gasteiger partial charge in [0.15, 0.2) is 0 Å². The zero-order valence-corrected chi connectivity index (χ0v) is 8.55. The summed E-state index contributed by atoms with van der Waals surface area (Å²) < 4.78 is 0. The summed E-state index contributed by atoms with van der Waals surface area (Å²) in [5, 5.41) is 0. The molecule has 1 aliphatic carbocycles. The van der Waals surface area contributed by atoms with Gasteiger partial charge in [-0.1, -0.05) is 25.0 Å². The summed E-state index contributed by atoms with van der Waals surface area (Å²) in [6.07, 6.45) is 7.74. The topological polar surface area (TPSA) is 38.0 Å². The van der Waals surface area contributed by atoms with E-state index in [0.717, 1.165) is 5.69 Å². The number of fused-ring (bicyclic) bond motifs is 1. The Morgan fingerprint density at radius 3 is 2.57 bits per heavy atom. The molecular formula is C12H18N2. The molecule has 0 aromatic heterocycles. The second-order valence-corrected chi connectivity index (χ2v) is 4.00. The van der Waals surface area contributed by atoms with E-state index in [4.69, 9.17) is 5.84 Å². The summed E-state index contributed by atoms with van der Waals surface area (Å²) >= 11 is 0. The Bertz CT molecular complexity index is 307. The molecule has 1 aromatic carbocycles. The Balaban J connectivity index is 2.33. The number of nitrogen functional groups attached to an aromatic ring is 1. The van der Waals surface area contributed by atoms with Crippen LogP contribution in [0, 0.1) is 0 Å². The van der Waals surface area contributed by atoms with Crippen LogP contribution in [0.2, 0.25) is 0 Å². The van der Waals surface area contributed by atoms with E-state index in [1.165, 1.54) is 49.7 Å². The summed E-state index contributed by atoms with van der Waals surface area (Å²) in [5.74, 6) is 5.51. The van der Waals surface area contributed by atoms with E-state index in [9.17, 15) is 0 Å². The Hall–Kier alpha value is -1.02. The highest BCUT2D eigenvalue weighted by atomic mass is 15.2. The quantitative estimate of drug-likeness (QED) is 0.527. The number of anilines is 1. The zero-order chi connectivity index (χ0) is 9.80. The minimum atomic E-state index is 1.12. The van der Waals surface area contributed by atoms with Crippen LogP contribution in [-0.4, -0.2) is 0 Å². The monoisotopic (exact) mass is 190 g/mol. The van der Waals surface area contributed by atoms with Gasteiger partial charge in [-0.2, -0.15) is 0 Å². The van der Waals surface area contributed by atoms with Crippen molar-refractivity contribution < 1.29 is 0 Å². The lowest BCUT2D eigenvalue weighted by Crippen LogP contribution is -2.11. The number of hydrogen-bond acceptors (Lipinski definition) is 2. The summed E-state index contributed by atoms with van der Waals surface area (Å²) in [4.78, 5) is 0. The predicted molar refractivity (Wildman–Crippen MR) is 60.1 cm³/mol. The fraction of sp³-hybridized carbons (Fsp3) is 0.500. The Labute approximate surface area is 85.5 Å². The minimum Gasteiger partial charge on any atom is -0.324 e. The Morgan fingerprint density at radius 1 is 1.00 bits per heavy atom. The summed E-state index contributed by atoms with van der Waals surface area (Å²) in [6.45, 7) is 0. The van der Waals surface area contributed by atoms with Crippen molar-refractivity contribution in [3.63, 3.8) is 0 Å². The van der Waals surface area contributed by atoms with E-state index in [2.05, 4.69) is 23.6 Å². The van der Waals surface area contributed by atoms with E-state index in [1.807, 2.05) is 0 Å². The smallest absolute Gasteiger partial charge is 0.0519 e. The molecule has 0 radical (unpaired) electrons. The first-order valence-corrected chi connectivity index (χ1v) is 5.49. The van der Waals surface area contributed by atoms with Crippen LogP contribution < -0.4 is 11.3 Å². The van der Waals surface area contributed by atoms with Gasteiger partial charge in [0.05, 0.1) is 5.69 Å². The van der Waals surface area contributed by atoms with Crippen LogP contribution in [0.15, 0.2) is 18.2 Å². The van der Waals surface area contributed by atoms with Crippen LogP contribution in [0.3, 0.4) is 0 Å². The van der Waals surface area contributed by atoms with Crippen molar-refractivity contribution in [3.05, 3.63) is 29.3 Å².